The second-order valence-electron chi connectivity index (χ2n) is 7.78. The lowest BCUT2D eigenvalue weighted by Crippen LogP contribution is -2.41. The number of nitrogens with one attached hydrogen (secondary N) is 1. The molecule has 0 bridgehead atoms. The predicted octanol–water partition coefficient (Wildman–Crippen LogP) is 3.89. The van der Waals surface area contributed by atoms with Crippen LogP contribution in [0.1, 0.15) is 51.0 Å². The van der Waals surface area contributed by atoms with Gasteiger partial charge in [0.1, 0.15) is 5.82 Å². The zero-order valence-corrected chi connectivity index (χ0v) is 18.8. The van der Waals surface area contributed by atoms with E-state index in [4.69, 9.17) is 4.99 Å². The van der Waals surface area contributed by atoms with E-state index >= 15 is 0 Å². The Balaban J connectivity index is 0.00000243. The molecule has 0 atom stereocenters. The Morgan fingerprint density at radius 2 is 2.04 bits per heavy atom. The van der Waals surface area contributed by atoms with Crippen molar-refractivity contribution in [1.29, 1.82) is 0 Å². The van der Waals surface area contributed by atoms with Crippen molar-refractivity contribution < 1.29 is 0 Å². The minimum absolute atomic E-state index is 0. The molecule has 1 aromatic heterocycles. The molecule has 26 heavy (non-hydrogen) atoms. The van der Waals surface area contributed by atoms with Crippen LogP contribution in [-0.4, -0.2) is 49.6 Å². The summed E-state index contributed by atoms with van der Waals surface area (Å²) in [5.41, 5.74) is 1.73. The highest BCUT2D eigenvalue weighted by Crippen LogP contribution is 2.43. The van der Waals surface area contributed by atoms with Gasteiger partial charge in [0.05, 0.1) is 6.54 Å². The SMILES string of the molecule is CCNC(=NCc1cccnc1N(C)C)N1CCC2(CCCCC2)C1.I. The van der Waals surface area contributed by atoms with Crippen molar-refractivity contribution in [3.63, 3.8) is 0 Å². The van der Waals surface area contributed by atoms with Crippen LogP contribution >= 0.6 is 24.0 Å². The van der Waals surface area contributed by atoms with Crippen LogP contribution < -0.4 is 10.2 Å². The molecule has 5 nitrogen and oxygen atoms in total. The largest absolute Gasteiger partial charge is 0.362 e. The van der Waals surface area contributed by atoms with Gasteiger partial charge in [0.15, 0.2) is 5.96 Å². The second kappa shape index (κ2) is 9.76. The van der Waals surface area contributed by atoms with Gasteiger partial charge >= 0.3 is 0 Å². The van der Waals surface area contributed by atoms with Gasteiger partial charge in [-0.25, -0.2) is 9.98 Å². The maximum atomic E-state index is 4.95. The smallest absolute Gasteiger partial charge is 0.194 e. The Bertz CT molecular complexity index is 596. The Labute approximate surface area is 175 Å². The van der Waals surface area contributed by atoms with Gasteiger partial charge in [-0.15, -0.1) is 24.0 Å². The van der Waals surface area contributed by atoms with E-state index in [0.717, 1.165) is 24.9 Å². The normalized spacial score (nSPS) is 19.3. The number of rotatable bonds is 4. The van der Waals surface area contributed by atoms with Crippen LogP contribution in [0.4, 0.5) is 5.82 Å². The molecule has 1 aromatic rings. The molecule has 1 saturated heterocycles. The minimum Gasteiger partial charge on any atom is -0.362 e. The predicted molar refractivity (Wildman–Crippen MR) is 121 cm³/mol. The van der Waals surface area contributed by atoms with Gasteiger partial charge in [-0.3, -0.25) is 0 Å². The molecular formula is C20H34IN5. The molecule has 0 aromatic carbocycles. The molecular weight excluding hydrogens is 437 g/mol. The summed E-state index contributed by atoms with van der Waals surface area (Å²) in [4.78, 5) is 14.0. The summed E-state index contributed by atoms with van der Waals surface area (Å²) in [6, 6.07) is 4.12. The fraction of sp³-hybridized carbons (Fsp3) is 0.700. The number of guanidine groups is 1. The van der Waals surface area contributed by atoms with Gasteiger partial charge < -0.3 is 15.1 Å². The van der Waals surface area contributed by atoms with Crippen LogP contribution in [-0.2, 0) is 6.54 Å². The van der Waals surface area contributed by atoms with Gasteiger partial charge in [-0.1, -0.05) is 25.3 Å². The monoisotopic (exact) mass is 471 g/mol. The van der Waals surface area contributed by atoms with Gasteiger partial charge in [-0.2, -0.15) is 0 Å². The van der Waals surface area contributed by atoms with Crippen molar-refractivity contribution in [3.05, 3.63) is 23.9 Å². The van der Waals surface area contributed by atoms with Gasteiger partial charge in [-0.05, 0) is 37.7 Å². The summed E-state index contributed by atoms with van der Waals surface area (Å²) in [5.74, 6) is 2.07. The Morgan fingerprint density at radius 3 is 2.73 bits per heavy atom. The lowest BCUT2D eigenvalue weighted by Gasteiger charge is -2.33. The van der Waals surface area contributed by atoms with Crippen molar-refractivity contribution >= 4 is 35.8 Å². The van der Waals surface area contributed by atoms with E-state index in [1.54, 1.807) is 0 Å². The van der Waals surface area contributed by atoms with Crippen LogP contribution in [0.2, 0.25) is 0 Å². The summed E-state index contributed by atoms with van der Waals surface area (Å²) >= 11 is 0. The van der Waals surface area contributed by atoms with Crippen LogP contribution in [0.3, 0.4) is 0 Å². The van der Waals surface area contributed by atoms with Crippen LogP contribution in [0, 0.1) is 5.41 Å². The summed E-state index contributed by atoms with van der Waals surface area (Å²) < 4.78 is 0. The summed E-state index contributed by atoms with van der Waals surface area (Å²) in [5, 5.41) is 3.51. The Hall–Kier alpha value is -1.05. The number of aliphatic imine (C=N–C) groups is 1. The van der Waals surface area contributed by atoms with Crippen LogP contribution in [0.5, 0.6) is 0 Å². The standard InChI is InChI=1S/C20H33N5.HI/c1-4-21-19(23-15-17-9-8-13-22-18(17)24(2)3)25-14-12-20(16-25)10-6-5-7-11-20;/h8-9,13H,4-7,10-12,14-16H2,1-3H3,(H,21,23);1H. The molecule has 2 fully saturated rings. The quantitative estimate of drug-likeness (QED) is 0.411. The van der Waals surface area contributed by atoms with Gasteiger partial charge in [0.25, 0.3) is 0 Å². The molecule has 146 valence electrons. The van der Waals surface area contributed by atoms with Crippen molar-refractivity contribution in [1.82, 2.24) is 15.2 Å². The van der Waals surface area contributed by atoms with E-state index in [1.165, 1.54) is 50.6 Å². The van der Waals surface area contributed by atoms with E-state index in [9.17, 15) is 0 Å². The fourth-order valence-corrected chi connectivity index (χ4v) is 4.37. The number of halogens is 1. The third-order valence-electron chi connectivity index (χ3n) is 5.68. The molecule has 1 N–H and O–H groups in total. The maximum absolute atomic E-state index is 4.95. The first-order valence-corrected chi connectivity index (χ1v) is 9.78. The van der Waals surface area contributed by atoms with Gasteiger partial charge in [0, 0.05) is 45.5 Å². The number of pyridine rings is 1. The first kappa shape index (κ1) is 21.3. The van der Waals surface area contributed by atoms with E-state index < -0.39 is 0 Å². The van der Waals surface area contributed by atoms with E-state index in [0.29, 0.717) is 12.0 Å². The van der Waals surface area contributed by atoms with E-state index in [-0.39, 0.29) is 24.0 Å². The minimum atomic E-state index is 0. The molecule has 0 unspecified atom stereocenters. The number of nitrogens with zero attached hydrogens (tertiary/aromatic N) is 4. The Morgan fingerprint density at radius 1 is 1.27 bits per heavy atom. The maximum Gasteiger partial charge on any atom is 0.194 e. The number of aromatic nitrogens is 1. The van der Waals surface area contributed by atoms with E-state index in [1.807, 2.05) is 26.4 Å². The van der Waals surface area contributed by atoms with Crippen molar-refractivity contribution in [2.24, 2.45) is 10.4 Å². The Kier molecular flexibility index (Phi) is 7.98. The molecule has 6 heteroatoms. The topological polar surface area (TPSA) is 43.8 Å². The average molecular weight is 471 g/mol. The molecule has 0 radical (unpaired) electrons. The molecule has 2 aliphatic rings. The van der Waals surface area contributed by atoms with E-state index in [2.05, 4.69) is 33.1 Å². The highest BCUT2D eigenvalue weighted by molar-refractivity contribution is 14.0. The van der Waals surface area contributed by atoms with Crippen molar-refractivity contribution in [2.45, 2.75) is 52.0 Å². The first-order valence-electron chi connectivity index (χ1n) is 9.78. The third-order valence-corrected chi connectivity index (χ3v) is 5.68. The first-order chi connectivity index (χ1) is 12.1. The van der Waals surface area contributed by atoms with Gasteiger partial charge in [0.2, 0.25) is 0 Å². The number of hydrogen-bond donors (Lipinski definition) is 1. The number of likely N-dealkylation sites (tertiary alicyclic amines) is 1. The lowest BCUT2D eigenvalue weighted by molar-refractivity contribution is 0.203. The highest BCUT2D eigenvalue weighted by Gasteiger charge is 2.39. The molecule has 1 aliphatic heterocycles. The zero-order valence-electron chi connectivity index (χ0n) is 16.5. The molecule has 1 aliphatic carbocycles. The molecule has 1 saturated carbocycles. The van der Waals surface area contributed by atoms with Crippen LogP contribution in [0.25, 0.3) is 0 Å². The zero-order chi connectivity index (χ0) is 17.7. The average Bonchev–Trinajstić information content (AvgIpc) is 3.02. The van der Waals surface area contributed by atoms with Crippen LogP contribution in [0.15, 0.2) is 23.3 Å². The number of hydrogen-bond acceptors (Lipinski definition) is 3. The molecule has 2 heterocycles. The summed E-state index contributed by atoms with van der Waals surface area (Å²) in [7, 11) is 4.07. The van der Waals surface area contributed by atoms with Crippen molar-refractivity contribution in [2.75, 3.05) is 38.6 Å². The van der Waals surface area contributed by atoms with Crippen molar-refractivity contribution in [3.8, 4) is 0 Å². The fourth-order valence-electron chi connectivity index (χ4n) is 4.37. The lowest BCUT2D eigenvalue weighted by atomic mass is 9.73. The second-order valence-corrected chi connectivity index (χ2v) is 7.78. The highest BCUT2D eigenvalue weighted by atomic mass is 127. The molecule has 0 amide bonds. The summed E-state index contributed by atoms with van der Waals surface area (Å²) in [6.45, 7) is 6.05. The molecule has 3 rings (SSSR count). The third kappa shape index (κ3) is 5.02. The number of anilines is 1. The summed E-state index contributed by atoms with van der Waals surface area (Å²) in [6.07, 6.45) is 10.2. The molecule has 1 spiro atoms.